The third-order valence-corrected chi connectivity index (χ3v) is 5.86. The zero-order valence-corrected chi connectivity index (χ0v) is 20.0. The molecular formula is C26H18ClF3N4O3. The molecule has 0 saturated heterocycles. The van der Waals surface area contributed by atoms with Crippen molar-refractivity contribution in [3.8, 4) is 17.3 Å². The van der Waals surface area contributed by atoms with E-state index in [0.29, 0.717) is 28.6 Å². The Morgan fingerprint density at radius 1 is 1.11 bits per heavy atom. The predicted octanol–water partition coefficient (Wildman–Crippen LogP) is 6.44. The molecule has 0 fully saturated rings. The van der Waals surface area contributed by atoms with Gasteiger partial charge in [-0.2, -0.15) is 18.2 Å². The molecule has 0 bridgehead atoms. The van der Waals surface area contributed by atoms with Gasteiger partial charge in [0.05, 0.1) is 12.2 Å². The summed E-state index contributed by atoms with van der Waals surface area (Å²) in [6.45, 7) is 1.89. The van der Waals surface area contributed by atoms with Crippen molar-refractivity contribution in [2.75, 3.05) is 6.61 Å². The summed E-state index contributed by atoms with van der Waals surface area (Å²) in [5.74, 6) is -1.34. The van der Waals surface area contributed by atoms with E-state index in [9.17, 15) is 18.0 Å². The van der Waals surface area contributed by atoms with Crippen LogP contribution in [0.2, 0.25) is 5.02 Å². The van der Waals surface area contributed by atoms with Crippen molar-refractivity contribution >= 4 is 28.3 Å². The quantitative estimate of drug-likeness (QED) is 0.227. The van der Waals surface area contributed by atoms with Crippen LogP contribution in [0, 0.1) is 0 Å². The third-order valence-electron chi connectivity index (χ3n) is 5.61. The molecule has 37 heavy (non-hydrogen) atoms. The molecule has 0 radical (unpaired) electrons. The molecule has 0 unspecified atom stereocenters. The fraction of sp³-hybridized carbons (Fsp3) is 0.154. The lowest BCUT2D eigenvalue weighted by atomic mass is 10.1. The number of ketones is 1. The van der Waals surface area contributed by atoms with Gasteiger partial charge in [-0.3, -0.25) is 9.78 Å². The van der Waals surface area contributed by atoms with Crippen molar-refractivity contribution in [2.24, 2.45) is 0 Å². The highest BCUT2D eigenvalue weighted by Gasteiger charge is 2.42. The smallest absolute Gasteiger partial charge is 0.432 e. The molecule has 0 amide bonds. The molecule has 188 valence electrons. The lowest BCUT2D eigenvalue weighted by Crippen LogP contribution is -2.19. The minimum absolute atomic E-state index is 0.0163. The van der Waals surface area contributed by atoms with Crippen LogP contribution in [0.1, 0.15) is 34.4 Å². The summed E-state index contributed by atoms with van der Waals surface area (Å²) >= 11 is 5.95. The zero-order valence-electron chi connectivity index (χ0n) is 19.3. The highest BCUT2D eigenvalue weighted by molar-refractivity contribution is 6.30. The Morgan fingerprint density at radius 3 is 2.57 bits per heavy atom. The Balaban J connectivity index is 1.71. The molecule has 5 rings (SSSR count). The number of alkyl halides is 3. The molecule has 0 aliphatic rings. The minimum Gasteiger partial charge on any atom is -0.494 e. The van der Waals surface area contributed by atoms with Gasteiger partial charge in [0, 0.05) is 28.7 Å². The number of nitrogens with zero attached hydrogens (tertiary/aromatic N) is 4. The average Bonchev–Trinajstić information content (AvgIpc) is 3.49. The Hall–Kier alpha value is -4.18. The van der Waals surface area contributed by atoms with E-state index in [4.69, 9.17) is 20.9 Å². The number of hydrogen-bond acceptors (Lipinski definition) is 6. The number of pyridine rings is 1. The molecule has 0 saturated carbocycles. The first-order valence-corrected chi connectivity index (χ1v) is 11.5. The molecule has 7 nitrogen and oxygen atoms in total. The predicted molar refractivity (Wildman–Crippen MR) is 130 cm³/mol. The van der Waals surface area contributed by atoms with Gasteiger partial charge in [-0.15, -0.1) is 0 Å². The van der Waals surface area contributed by atoms with Crippen molar-refractivity contribution in [1.82, 2.24) is 19.7 Å². The number of halogens is 4. The van der Waals surface area contributed by atoms with E-state index in [1.165, 1.54) is 18.3 Å². The standard InChI is InChI=1S/C26H18ClF3N4O3/c1-2-36-17-10-11-20-18(13-17)21(22(35)25-32-24(33-37-25)19-5-3-4-12-31-19)23(26(28,29)30)34(20)14-15-6-8-16(27)9-7-15/h3-13H,2,14H2,1H3. The van der Waals surface area contributed by atoms with Crippen molar-refractivity contribution in [3.63, 3.8) is 0 Å². The normalized spacial score (nSPS) is 11.7. The Kier molecular flexibility index (Phi) is 6.43. The van der Waals surface area contributed by atoms with Crippen LogP contribution in [-0.2, 0) is 12.7 Å². The Morgan fingerprint density at radius 2 is 1.89 bits per heavy atom. The minimum atomic E-state index is -4.88. The first-order valence-electron chi connectivity index (χ1n) is 11.2. The third kappa shape index (κ3) is 4.79. The highest BCUT2D eigenvalue weighted by Crippen LogP contribution is 2.41. The van der Waals surface area contributed by atoms with E-state index >= 15 is 0 Å². The van der Waals surface area contributed by atoms with Gasteiger partial charge in [0.1, 0.15) is 17.1 Å². The second-order valence-electron chi connectivity index (χ2n) is 8.01. The van der Waals surface area contributed by atoms with Crippen LogP contribution in [0.15, 0.2) is 71.4 Å². The fourth-order valence-electron chi connectivity index (χ4n) is 4.07. The topological polar surface area (TPSA) is 83.0 Å². The summed E-state index contributed by atoms with van der Waals surface area (Å²) in [7, 11) is 0. The molecule has 2 aromatic carbocycles. The van der Waals surface area contributed by atoms with E-state index < -0.39 is 29.1 Å². The number of benzene rings is 2. The van der Waals surface area contributed by atoms with Gasteiger partial charge in [0.15, 0.2) is 0 Å². The van der Waals surface area contributed by atoms with Crippen molar-refractivity contribution in [2.45, 2.75) is 19.6 Å². The Bertz CT molecular complexity index is 1580. The average molecular weight is 527 g/mol. The summed E-state index contributed by atoms with van der Waals surface area (Å²) < 4.78 is 55.5. The largest absolute Gasteiger partial charge is 0.494 e. The van der Waals surface area contributed by atoms with Crippen LogP contribution in [0.5, 0.6) is 5.75 Å². The number of carbonyl (C=O) groups is 1. The van der Waals surface area contributed by atoms with Gasteiger partial charge in [-0.05, 0) is 55.0 Å². The highest BCUT2D eigenvalue weighted by atomic mass is 35.5. The molecular weight excluding hydrogens is 509 g/mol. The Labute approximate surface area is 213 Å². The van der Waals surface area contributed by atoms with Gasteiger partial charge in [0.25, 0.3) is 11.7 Å². The molecule has 5 aromatic rings. The maximum Gasteiger partial charge on any atom is 0.432 e. The summed E-state index contributed by atoms with van der Waals surface area (Å²) in [6.07, 6.45) is -3.39. The van der Waals surface area contributed by atoms with Crippen LogP contribution in [0.3, 0.4) is 0 Å². The zero-order chi connectivity index (χ0) is 26.2. The maximum atomic E-state index is 14.6. The van der Waals surface area contributed by atoms with E-state index in [1.807, 2.05) is 0 Å². The second-order valence-corrected chi connectivity index (χ2v) is 8.45. The molecule has 3 heterocycles. The van der Waals surface area contributed by atoms with Gasteiger partial charge >= 0.3 is 6.18 Å². The first kappa shape index (κ1) is 24.5. The molecule has 0 spiro atoms. The molecule has 0 aliphatic heterocycles. The van der Waals surface area contributed by atoms with Gasteiger partial charge in [-0.1, -0.05) is 35.0 Å². The van der Waals surface area contributed by atoms with Crippen LogP contribution in [0.25, 0.3) is 22.4 Å². The molecule has 11 heteroatoms. The van der Waals surface area contributed by atoms with E-state index in [1.54, 1.807) is 55.5 Å². The number of ether oxygens (including phenoxy) is 1. The number of hydrogen-bond donors (Lipinski definition) is 0. The number of aromatic nitrogens is 4. The SMILES string of the molecule is CCOc1ccc2c(c1)c(C(=O)c1nc(-c3ccccn3)no1)c(C(F)(F)F)n2Cc1ccc(Cl)cc1. The molecule has 0 atom stereocenters. The lowest BCUT2D eigenvalue weighted by molar-refractivity contribution is -0.143. The van der Waals surface area contributed by atoms with Gasteiger partial charge in [-0.25, -0.2) is 0 Å². The van der Waals surface area contributed by atoms with Crippen LogP contribution < -0.4 is 4.74 Å². The van der Waals surface area contributed by atoms with Crippen molar-refractivity contribution in [3.05, 3.63) is 94.6 Å². The van der Waals surface area contributed by atoms with Gasteiger partial charge < -0.3 is 13.8 Å². The van der Waals surface area contributed by atoms with Crippen molar-refractivity contribution in [1.29, 1.82) is 0 Å². The summed E-state index contributed by atoms with van der Waals surface area (Å²) in [4.78, 5) is 21.7. The van der Waals surface area contributed by atoms with Crippen LogP contribution in [-0.4, -0.2) is 32.1 Å². The summed E-state index contributed by atoms with van der Waals surface area (Å²) in [6, 6.07) is 15.9. The van der Waals surface area contributed by atoms with E-state index in [0.717, 1.165) is 4.57 Å². The van der Waals surface area contributed by atoms with Crippen LogP contribution in [0.4, 0.5) is 13.2 Å². The molecule has 3 aromatic heterocycles. The number of fused-ring (bicyclic) bond motifs is 1. The monoisotopic (exact) mass is 526 g/mol. The maximum absolute atomic E-state index is 14.6. The van der Waals surface area contributed by atoms with Gasteiger partial charge in [0.2, 0.25) is 5.82 Å². The second kappa shape index (κ2) is 9.70. The summed E-state index contributed by atoms with van der Waals surface area (Å²) in [5.41, 5.74) is -0.665. The molecule has 0 N–H and O–H groups in total. The van der Waals surface area contributed by atoms with Crippen molar-refractivity contribution < 1.29 is 27.2 Å². The first-order chi connectivity index (χ1) is 17.8. The fourth-order valence-corrected chi connectivity index (χ4v) is 4.20. The number of rotatable bonds is 7. The lowest BCUT2D eigenvalue weighted by Gasteiger charge is -2.14. The molecule has 0 aliphatic carbocycles. The van der Waals surface area contributed by atoms with E-state index in [-0.39, 0.29) is 23.3 Å². The van der Waals surface area contributed by atoms with Crippen LogP contribution >= 0.6 is 11.6 Å². The summed E-state index contributed by atoms with van der Waals surface area (Å²) in [5, 5.41) is 4.24. The number of carbonyl (C=O) groups excluding carboxylic acids is 1. The van der Waals surface area contributed by atoms with E-state index in [2.05, 4.69) is 15.1 Å².